The Morgan fingerprint density at radius 3 is 2.93 bits per heavy atom. The highest BCUT2D eigenvalue weighted by Gasteiger charge is 2.43. The normalized spacial score (nSPS) is 23.0. The number of nitrogens with zero attached hydrogens (tertiary/aromatic N) is 4. The number of anilines is 1. The second-order valence-electron chi connectivity index (χ2n) is 7.61. The highest BCUT2D eigenvalue weighted by Crippen LogP contribution is 2.39. The molecule has 2 amide bonds. The molecule has 8 nitrogen and oxygen atoms in total. The van der Waals surface area contributed by atoms with Gasteiger partial charge in [-0.15, -0.1) is 0 Å². The van der Waals surface area contributed by atoms with Gasteiger partial charge < -0.3 is 15.5 Å². The minimum atomic E-state index is -0.0774. The summed E-state index contributed by atoms with van der Waals surface area (Å²) in [5.74, 6) is 0.400. The second-order valence-corrected chi connectivity index (χ2v) is 7.61. The molecule has 0 radical (unpaired) electrons. The first-order chi connectivity index (χ1) is 13.0. The number of likely N-dealkylation sites (tertiary alicyclic amines) is 2. The van der Waals surface area contributed by atoms with Crippen LogP contribution in [-0.4, -0.2) is 56.4 Å². The topological polar surface area (TPSA) is 108 Å². The number of nitrogens with one attached hydrogen (secondary N) is 1. The molecule has 4 heterocycles. The predicted molar refractivity (Wildman–Crippen MR) is 99.5 cm³/mol. The first-order valence-corrected chi connectivity index (χ1v) is 9.33. The third-order valence-electron chi connectivity index (χ3n) is 5.60. The number of hydrogen-bond donors (Lipinski definition) is 2. The van der Waals surface area contributed by atoms with E-state index in [-0.39, 0.29) is 17.2 Å². The van der Waals surface area contributed by atoms with E-state index < -0.39 is 0 Å². The smallest absolute Gasteiger partial charge is 0.271 e. The van der Waals surface area contributed by atoms with Gasteiger partial charge in [-0.25, -0.2) is 0 Å². The Morgan fingerprint density at radius 2 is 2.19 bits per heavy atom. The fourth-order valence-electron chi connectivity index (χ4n) is 4.27. The van der Waals surface area contributed by atoms with Crippen molar-refractivity contribution in [2.45, 2.75) is 32.2 Å². The average Bonchev–Trinajstić information content (AvgIpc) is 3.12. The number of hydrogen-bond acceptors (Lipinski definition) is 5. The number of aromatic amines is 1. The van der Waals surface area contributed by atoms with Crippen molar-refractivity contribution >= 4 is 17.6 Å². The number of nitrogens with two attached hydrogens (primary N) is 1. The lowest BCUT2D eigenvalue weighted by Gasteiger charge is -2.48. The lowest BCUT2D eigenvalue weighted by atomic mass is 9.73. The molecule has 2 aromatic heterocycles. The molecule has 142 valence electrons. The Hall–Kier alpha value is -2.90. The first kappa shape index (κ1) is 17.5. The van der Waals surface area contributed by atoms with Gasteiger partial charge in [-0.3, -0.25) is 19.7 Å². The minimum Gasteiger partial charge on any atom is -0.382 e. The molecule has 2 saturated heterocycles. The summed E-state index contributed by atoms with van der Waals surface area (Å²) < 4.78 is 0. The first-order valence-electron chi connectivity index (χ1n) is 9.33. The predicted octanol–water partition coefficient (Wildman–Crippen LogP) is 1.43. The number of pyridine rings is 1. The summed E-state index contributed by atoms with van der Waals surface area (Å²) in [5, 5.41) is 6.55. The van der Waals surface area contributed by atoms with E-state index in [1.54, 1.807) is 12.3 Å². The monoisotopic (exact) mass is 368 g/mol. The van der Waals surface area contributed by atoms with Crippen LogP contribution in [0, 0.1) is 5.41 Å². The zero-order valence-corrected chi connectivity index (χ0v) is 15.2. The summed E-state index contributed by atoms with van der Waals surface area (Å²) in [7, 11) is 0. The van der Waals surface area contributed by atoms with Gasteiger partial charge in [0.15, 0.2) is 0 Å². The molecule has 3 N–H and O–H groups in total. The van der Waals surface area contributed by atoms with Crippen molar-refractivity contribution in [2.24, 2.45) is 5.41 Å². The Morgan fingerprint density at radius 1 is 1.30 bits per heavy atom. The molecule has 2 aliphatic heterocycles. The van der Waals surface area contributed by atoms with Crippen molar-refractivity contribution in [3.05, 3.63) is 41.9 Å². The average molecular weight is 368 g/mol. The fraction of sp³-hybridized carbons (Fsp3) is 0.474. The standard InChI is InChI=1S/C19H24N6O2/c20-16-10-15(22-23-16)18(27)24-9-3-6-19(12-24)7-5-17(26)25(13-19)11-14-4-1-2-8-21-14/h1-2,4,8,10H,3,5-7,9,11-13H2,(H3,20,22,23). The van der Waals surface area contributed by atoms with Crippen molar-refractivity contribution in [1.82, 2.24) is 25.0 Å². The van der Waals surface area contributed by atoms with Crippen molar-refractivity contribution < 1.29 is 9.59 Å². The number of H-pyrrole nitrogens is 1. The summed E-state index contributed by atoms with van der Waals surface area (Å²) in [6.45, 7) is 2.55. The van der Waals surface area contributed by atoms with Crippen LogP contribution in [0.3, 0.4) is 0 Å². The molecular weight excluding hydrogens is 344 g/mol. The summed E-state index contributed by atoms with van der Waals surface area (Å²) in [6.07, 6.45) is 5.04. The van der Waals surface area contributed by atoms with E-state index in [0.29, 0.717) is 44.1 Å². The van der Waals surface area contributed by atoms with Gasteiger partial charge in [-0.2, -0.15) is 5.10 Å². The largest absolute Gasteiger partial charge is 0.382 e. The Bertz CT molecular complexity index is 836. The van der Waals surface area contributed by atoms with E-state index in [1.165, 1.54) is 0 Å². The molecule has 1 spiro atoms. The number of aromatic nitrogens is 3. The summed E-state index contributed by atoms with van der Waals surface area (Å²) in [6, 6.07) is 7.31. The van der Waals surface area contributed by atoms with E-state index >= 15 is 0 Å². The van der Waals surface area contributed by atoms with Gasteiger partial charge in [0.05, 0.1) is 12.2 Å². The molecule has 0 aromatic carbocycles. The second kappa shape index (κ2) is 7.02. The number of amides is 2. The van der Waals surface area contributed by atoms with Crippen molar-refractivity contribution in [2.75, 3.05) is 25.4 Å². The van der Waals surface area contributed by atoms with Gasteiger partial charge in [-0.05, 0) is 31.4 Å². The van der Waals surface area contributed by atoms with Gasteiger partial charge in [0.1, 0.15) is 11.5 Å². The number of carbonyl (C=O) groups excluding carboxylic acids is 2. The molecule has 8 heteroatoms. The molecule has 0 aliphatic carbocycles. The molecule has 1 unspecified atom stereocenters. The third-order valence-corrected chi connectivity index (χ3v) is 5.60. The molecule has 2 fully saturated rings. The van der Waals surface area contributed by atoms with E-state index in [0.717, 1.165) is 25.0 Å². The quantitative estimate of drug-likeness (QED) is 0.852. The lowest BCUT2D eigenvalue weighted by molar-refractivity contribution is -0.139. The van der Waals surface area contributed by atoms with Crippen LogP contribution in [0.25, 0.3) is 0 Å². The lowest BCUT2D eigenvalue weighted by Crippen LogP contribution is -2.54. The molecule has 0 saturated carbocycles. The Labute approximate surface area is 157 Å². The maximum absolute atomic E-state index is 12.8. The van der Waals surface area contributed by atoms with Gasteiger partial charge in [-0.1, -0.05) is 6.07 Å². The Kier molecular flexibility index (Phi) is 4.55. The van der Waals surface area contributed by atoms with Crippen LogP contribution < -0.4 is 5.73 Å². The number of nitrogen functional groups attached to an aromatic ring is 1. The molecule has 27 heavy (non-hydrogen) atoms. The van der Waals surface area contributed by atoms with Gasteiger partial charge in [0, 0.05) is 43.7 Å². The van der Waals surface area contributed by atoms with Crippen LogP contribution in [0.1, 0.15) is 41.9 Å². The summed E-state index contributed by atoms with van der Waals surface area (Å²) in [5.41, 5.74) is 6.88. The molecule has 2 aliphatic rings. The summed E-state index contributed by atoms with van der Waals surface area (Å²) in [4.78, 5) is 33.3. The van der Waals surface area contributed by atoms with Crippen LogP contribution in [-0.2, 0) is 11.3 Å². The number of rotatable bonds is 3. The highest BCUT2D eigenvalue weighted by atomic mass is 16.2. The molecular formula is C19H24N6O2. The van der Waals surface area contributed by atoms with Gasteiger partial charge >= 0.3 is 0 Å². The maximum Gasteiger partial charge on any atom is 0.271 e. The van der Waals surface area contributed by atoms with Crippen molar-refractivity contribution in [3.63, 3.8) is 0 Å². The third kappa shape index (κ3) is 3.65. The zero-order chi connectivity index (χ0) is 18.9. The maximum atomic E-state index is 12.8. The Balaban J connectivity index is 1.48. The van der Waals surface area contributed by atoms with Crippen LogP contribution in [0.5, 0.6) is 0 Å². The van der Waals surface area contributed by atoms with E-state index in [2.05, 4.69) is 15.2 Å². The zero-order valence-electron chi connectivity index (χ0n) is 15.2. The minimum absolute atomic E-state index is 0.0534. The highest BCUT2D eigenvalue weighted by molar-refractivity contribution is 5.93. The van der Waals surface area contributed by atoms with Crippen LogP contribution in [0.15, 0.2) is 30.5 Å². The van der Waals surface area contributed by atoms with Crippen molar-refractivity contribution in [3.8, 4) is 0 Å². The molecule has 0 bridgehead atoms. The fourth-order valence-corrected chi connectivity index (χ4v) is 4.27. The van der Waals surface area contributed by atoms with E-state index in [4.69, 9.17) is 5.73 Å². The number of carbonyl (C=O) groups is 2. The van der Waals surface area contributed by atoms with Gasteiger partial charge in [0.25, 0.3) is 5.91 Å². The van der Waals surface area contributed by atoms with Gasteiger partial charge in [0.2, 0.25) is 5.91 Å². The van der Waals surface area contributed by atoms with Crippen LogP contribution in [0.4, 0.5) is 5.82 Å². The van der Waals surface area contributed by atoms with Crippen LogP contribution >= 0.6 is 0 Å². The van der Waals surface area contributed by atoms with E-state index in [9.17, 15) is 9.59 Å². The number of piperidine rings is 2. The van der Waals surface area contributed by atoms with Crippen molar-refractivity contribution in [1.29, 1.82) is 0 Å². The molecule has 1 atom stereocenters. The molecule has 2 aromatic rings. The molecule has 4 rings (SSSR count). The van der Waals surface area contributed by atoms with E-state index in [1.807, 2.05) is 28.0 Å². The van der Waals surface area contributed by atoms with Crippen LogP contribution in [0.2, 0.25) is 0 Å². The summed E-state index contributed by atoms with van der Waals surface area (Å²) >= 11 is 0. The SMILES string of the molecule is Nc1cc(C(=O)N2CCCC3(CCC(=O)N(Cc4ccccn4)C3)C2)[nH]n1.